The highest BCUT2D eigenvalue weighted by Gasteiger charge is 1.96. The van der Waals surface area contributed by atoms with Gasteiger partial charge < -0.3 is 9.72 Å². The van der Waals surface area contributed by atoms with Gasteiger partial charge in [-0.05, 0) is 18.7 Å². The van der Waals surface area contributed by atoms with Crippen LogP contribution in [0.25, 0.3) is 5.52 Å². The lowest BCUT2D eigenvalue weighted by molar-refractivity contribution is 0.817. The maximum absolute atomic E-state index is 4.05. The lowest BCUT2D eigenvalue weighted by atomic mass is 10.3. The maximum atomic E-state index is 4.05. The number of aromatic nitrogens is 2. The predicted molar refractivity (Wildman–Crippen MR) is 48.0 cm³/mol. The summed E-state index contributed by atoms with van der Waals surface area (Å²) >= 11 is 0. The van der Waals surface area contributed by atoms with Gasteiger partial charge in [0, 0.05) is 25.1 Å². The van der Waals surface area contributed by atoms with Gasteiger partial charge >= 0.3 is 0 Å². The second-order valence-corrected chi connectivity index (χ2v) is 2.79. The van der Waals surface area contributed by atoms with Crippen molar-refractivity contribution in [1.29, 1.82) is 0 Å². The van der Waals surface area contributed by atoms with Crippen LogP contribution >= 0.6 is 0 Å². The summed E-state index contributed by atoms with van der Waals surface area (Å²) in [6, 6.07) is 2.13. The van der Waals surface area contributed by atoms with Crippen LogP contribution in [0.15, 0.2) is 30.9 Å². The van der Waals surface area contributed by atoms with E-state index in [0.29, 0.717) is 0 Å². The van der Waals surface area contributed by atoms with Crippen LogP contribution in [0.2, 0.25) is 0 Å². The zero-order valence-electron chi connectivity index (χ0n) is 6.99. The van der Waals surface area contributed by atoms with Crippen LogP contribution in [0.5, 0.6) is 0 Å². The molecule has 0 aliphatic heterocycles. The molecule has 62 valence electrons. The minimum atomic E-state index is 0.904. The van der Waals surface area contributed by atoms with Crippen molar-refractivity contribution in [1.82, 2.24) is 14.7 Å². The van der Waals surface area contributed by atoms with E-state index in [2.05, 4.69) is 27.0 Å². The normalized spacial score (nSPS) is 10.8. The summed E-state index contributed by atoms with van der Waals surface area (Å²) in [7, 11) is 1.95. The topological polar surface area (TPSA) is 29.3 Å². The van der Waals surface area contributed by atoms with Crippen molar-refractivity contribution in [3.63, 3.8) is 0 Å². The lowest BCUT2D eigenvalue weighted by Crippen LogP contribution is -2.03. The molecule has 0 bridgehead atoms. The van der Waals surface area contributed by atoms with Crippen LogP contribution in [0.3, 0.4) is 0 Å². The Morgan fingerprint density at radius 3 is 3.25 bits per heavy atom. The Bertz CT molecular complexity index is 345. The zero-order chi connectivity index (χ0) is 8.39. The molecular weight excluding hydrogens is 150 g/mol. The first-order valence-corrected chi connectivity index (χ1v) is 3.95. The molecule has 2 aromatic rings. The molecule has 0 aromatic carbocycles. The van der Waals surface area contributed by atoms with E-state index in [0.717, 1.165) is 12.1 Å². The van der Waals surface area contributed by atoms with Gasteiger partial charge in [-0.25, -0.2) is 0 Å². The Morgan fingerprint density at radius 1 is 1.58 bits per heavy atom. The monoisotopic (exact) mass is 161 g/mol. The predicted octanol–water partition coefficient (Wildman–Crippen LogP) is 1.05. The highest BCUT2D eigenvalue weighted by molar-refractivity contribution is 5.48. The molecule has 0 fully saturated rings. The first kappa shape index (κ1) is 7.31. The van der Waals surface area contributed by atoms with E-state index < -0.39 is 0 Å². The van der Waals surface area contributed by atoms with Crippen LogP contribution in [0, 0.1) is 0 Å². The summed E-state index contributed by atoms with van der Waals surface area (Å²) in [6.07, 6.45) is 7.71. The number of nitrogens with one attached hydrogen (secondary N) is 1. The highest BCUT2D eigenvalue weighted by atomic mass is 14.9. The number of hydrogen-bond donors (Lipinski definition) is 1. The van der Waals surface area contributed by atoms with Crippen LogP contribution in [0.1, 0.15) is 5.56 Å². The van der Waals surface area contributed by atoms with E-state index >= 15 is 0 Å². The highest BCUT2D eigenvalue weighted by Crippen LogP contribution is 2.07. The molecule has 2 aromatic heterocycles. The van der Waals surface area contributed by atoms with E-state index in [4.69, 9.17) is 0 Å². The third-order valence-electron chi connectivity index (χ3n) is 1.84. The number of rotatable bonds is 2. The van der Waals surface area contributed by atoms with Gasteiger partial charge in [0.15, 0.2) is 0 Å². The van der Waals surface area contributed by atoms with Crippen molar-refractivity contribution in [3.05, 3.63) is 36.4 Å². The van der Waals surface area contributed by atoms with Gasteiger partial charge in [0.05, 0.1) is 11.7 Å². The third kappa shape index (κ3) is 1.19. The van der Waals surface area contributed by atoms with Crippen molar-refractivity contribution >= 4 is 5.52 Å². The van der Waals surface area contributed by atoms with Crippen LogP contribution < -0.4 is 5.32 Å². The van der Waals surface area contributed by atoms with E-state index in [1.54, 1.807) is 6.20 Å². The number of fused-ring (bicyclic) bond motifs is 1. The molecule has 0 spiro atoms. The lowest BCUT2D eigenvalue weighted by Gasteiger charge is -1.90. The van der Waals surface area contributed by atoms with Gasteiger partial charge in [0.25, 0.3) is 0 Å². The fourth-order valence-electron chi connectivity index (χ4n) is 1.32. The first-order chi connectivity index (χ1) is 5.90. The molecule has 0 saturated heterocycles. The van der Waals surface area contributed by atoms with Crippen molar-refractivity contribution in [2.45, 2.75) is 6.54 Å². The fourth-order valence-corrected chi connectivity index (χ4v) is 1.32. The summed E-state index contributed by atoms with van der Waals surface area (Å²) in [6.45, 7) is 0.904. The molecule has 0 amide bonds. The Kier molecular flexibility index (Phi) is 1.80. The summed E-state index contributed by atoms with van der Waals surface area (Å²) < 4.78 is 2.07. The van der Waals surface area contributed by atoms with E-state index in [9.17, 15) is 0 Å². The van der Waals surface area contributed by atoms with Gasteiger partial charge in [0.2, 0.25) is 0 Å². The molecule has 0 unspecified atom stereocenters. The quantitative estimate of drug-likeness (QED) is 0.713. The second kappa shape index (κ2) is 2.95. The minimum absolute atomic E-state index is 0.904. The molecule has 3 nitrogen and oxygen atoms in total. The standard InChI is InChI=1S/C9H11N3/c1-10-5-8-4-9-6-11-2-3-12(9)7-8/h2-4,6-7,10H,5H2,1H3. The van der Waals surface area contributed by atoms with E-state index in [-0.39, 0.29) is 0 Å². The molecule has 0 atom stereocenters. The summed E-state index contributed by atoms with van der Waals surface area (Å²) in [5.41, 5.74) is 2.42. The molecular formula is C9H11N3. The Morgan fingerprint density at radius 2 is 2.50 bits per heavy atom. The van der Waals surface area contributed by atoms with Gasteiger partial charge in [-0.15, -0.1) is 0 Å². The molecule has 0 radical (unpaired) electrons. The molecule has 1 N–H and O–H groups in total. The number of nitrogens with zero attached hydrogens (tertiary/aromatic N) is 2. The number of hydrogen-bond acceptors (Lipinski definition) is 2. The molecule has 2 rings (SSSR count). The second-order valence-electron chi connectivity index (χ2n) is 2.79. The zero-order valence-corrected chi connectivity index (χ0v) is 6.99. The molecule has 0 saturated carbocycles. The molecule has 0 aliphatic carbocycles. The average molecular weight is 161 g/mol. The average Bonchev–Trinajstić information content (AvgIpc) is 2.47. The van der Waals surface area contributed by atoms with Gasteiger partial charge in [-0.2, -0.15) is 0 Å². The fraction of sp³-hybridized carbons (Fsp3) is 0.222. The molecule has 0 aliphatic rings. The van der Waals surface area contributed by atoms with Crippen molar-refractivity contribution < 1.29 is 0 Å². The molecule has 3 heteroatoms. The molecule has 2 heterocycles. The first-order valence-electron chi connectivity index (χ1n) is 3.95. The van der Waals surface area contributed by atoms with Crippen molar-refractivity contribution in [3.8, 4) is 0 Å². The largest absolute Gasteiger partial charge is 0.321 e. The Balaban J connectivity index is 2.47. The van der Waals surface area contributed by atoms with Gasteiger partial charge in [-0.1, -0.05) is 0 Å². The van der Waals surface area contributed by atoms with Crippen LogP contribution in [-0.4, -0.2) is 16.4 Å². The summed E-state index contributed by atoms with van der Waals surface area (Å²) in [5.74, 6) is 0. The van der Waals surface area contributed by atoms with Gasteiger partial charge in [0.1, 0.15) is 0 Å². The van der Waals surface area contributed by atoms with Crippen molar-refractivity contribution in [2.75, 3.05) is 7.05 Å². The van der Waals surface area contributed by atoms with E-state index in [1.807, 2.05) is 19.4 Å². The maximum Gasteiger partial charge on any atom is 0.0637 e. The van der Waals surface area contributed by atoms with E-state index in [1.165, 1.54) is 5.56 Å². The summed E-state index contributed by atoms with van der Waals surface area (Å²) in [4.78, 5) is 4.05. The van der Waals surface area contributed by atoms with Crippen LogP contribution in [0.4, 0.5) is 0 Å². The Labute approximate surface area is 71.0 Å². The summed E-state index contributed by atoms with van der Waals surface area (Å²) in [5, 5.41) is 3.11. The Hall–Kier alpha value is -1.35. The van der Waals surface area contributed by atoms with Gasteiger partial charge in [-0.3, -0.25) is 4.98 Å². The van der Waals surface area contributed by atoms with Crippen molar-refractivity contribution in [2.24, 2.45) is 0 Å². The minimum Gasteiger partial charge on any atom is -0.321 e. The molecule has 12 heavy (non-hydrogen) atoms. The van der Waals surface area contributed by atoms with Crippen LogP contribution in [-0.2, 0) is 6.54 Å². The third-order valence-corrected chi connectivity index (χ3v) is 1.84. The smallest absolute Gasteiger partial charge is 0.0637 e. The SMILES string of the molecule is CNCc1cc2cnccn2c1.